The summed E-state index contributed by atoms with van der Waals surface area (Å²) in [7, 11) is 0. The Balaban J connectivity index is 1.11. The normalized spacial score (nSPS) is 11.9. The van der Waals surface area contributed by atoms with Gasteiger partial charge in [-0.1, -0.05) is 164 Å². The molecule has 13 rings (SSSR count). The van der Waals surface area contributed by atoms with Crippen LogP contribution in [0, 0.1) is 0 Å². The van der Waals surface area contributed by atoms with Crippen molar-refractivity contribution >= 4 is 86.6 Å². The van der Waals surface area contributed by atoms with Crippen LogP contribution in [0.15, 0.2) is 219 Å². The number of aromatic nitrogens is 2. The van der Waals surface area contributed by atoms with Gasteiger partial charge in [0.25, 0.3) is 0 Å². The second kappa shape index (κ2) is 13.2. The fourth-order valence-electron chi connectivity index (χ4n) is 10.3. The minimum Gasteiger partial charge on any atom is -0.308 e. The van der Waals surface area contributed by atoms with Crippen molar-refractivity contribution in [2.75, 3.05) is 0 Å². The largest absolute Gasteiger partial charge is 0.308 e. The van der Waals surface area contributed by atoms with E-state index in [-0.39, 0.29) is 0 Å². The molecule has 0 aliphatic heterocycles. The molecule has 0 bridgehead atoms. The highest BCUT2D eigenvalue weighted by Crippen LogP contribution is 2.49. The Kier molecular flexibility index (Phi) is 7.34. The molecular formula is C59H36N2. The Morgan fingerprint density at radius 3 is 1.38 bits per heavy atom. The molecule has 0 unspecified atom stereocenters. The lowest BCUT2D eigenvalue weighted by Crippen LogP contribution is -1.95. The van der Waals surface area contributed by atoms with E-state index in [1.54, 1.807) is 0 Å². The topological polar surface area (TPSA) is 17.8 Å². The fraction of sp³-hybridized carbons (Fsp3) is 0. The molecule has 0 aliphatic rings. The lowest BCUT2D eigenvalue weighted by atomic mass is 9.81. The Hall–Kier alpha value is -8.07. The van der Waals surface area contributed by atoms with Crippen LogP contribution in [0.5, 0.6) is 0 Å². The van der Waals surface area contributed by atoms with Gasteiger partial charge in [0.05, 0.1) is 16.6 Å². The molecule has 2 nitrogen and oxygen atoms in total. The van der Waals surface area contributed by atoms with Gasteiger partial charge in [-0.3, -0.25) is 4.98 Å². The standard InChI is InChI=1S/C59H36N2/c1-3-16-42-39(14-1)35-52(46-20-7-5-18-44(42)46)57-48-22-9-10-23-49(48)58(53-36-40-15-2-4-17-43(40)45-19-6-8-21-47(45)53)54-34-38(29-32-50(54)57)37-27-30-41(31-28-37)61-55-25-12-11-24-51(55)59-56(61)26-13-33-60-59/h1-36H. The summed E-state index contributed by atoms with van der Waals surface area (Å²) in [5, 5.41) is 16.2. The van der Waals surface area contributed by atoms with E-state index in [1.807, 2.05) is 12.3 Å². The molecule has 0 fully saturated rings. The molecule has 0 atom stereocenters. The van der Waals surface area contributed by atoms with Crippen LogP contribution >= 0.6 is 0 Å². The number of rotatable bonds is 4. The minimum absolute atomic E-state index is 1.02. The molecule has 282 valence electrons. The van der Waals surface area contributed by atoms with Gasteiger partial charge in [0.2, 0.25) is 0 Å². The molecule has 2 heterocycles. The number of fused-ring (bicyclic) bond motifs is 11. The Bertz CT molecular complexity index is 3880. The molecule has 0 saturated carbocycles. The first-order valence-corrected chi connectivity index (χ1v) is 21.0. The highest BCUT2D eigenvalue weighted by Gasteiger charge is 2.22. The number of hydrogen-bond acceptors (Lipinski definition) is 1. The quantitative estimate of drug-likeness (QED) is 0.129. The molecule has 61 heavy (non-hydrogen) atoms. The predicted molar refractivity (Wildman–Crippen MR) is 260 cm³/mol. The molecule has 0 aliphatic carbocycles. The molecular weight excluding hydrogens is 737 g/mol. The third-order valence-corrected chi connectivity index (χ3v) is 13.0. The van der Waals surface area contributed by atoms with E-state index in [1.165, 1.54) is 98.0 Å². The van der Waals surface area contributed by atoms with E-state index in [9.17, 15) is 0 Å². The molecule has 0 radical (unpaired) electrons. The number of pyridine rings is 1. The predicted octanol–water partition coefficient (Wildman–Crippen LogP) is 16.1. The summed E-state index contributed by atoms with van der Waals surface area (Å²) in [5.74, 6) is 0. The van der Waals surface area contributed by atoms with Crippen LogP contribution < -0.4 is 0 Å². The van der Waals surface area contributed by atoms with Gasteiger partial charge < -0.3 is 4.57 Å². The maximum Gasteiger partial charge on any atom is 0.0963 e. The zero-order chi connectivity index (χ0) is 40.0. The van der Waals surface area contributed by atoms with Crippen LogP contribution in [-0.2, 0) is 0 Å². The highest BCUT2D eigenvalue weighted by atomic mass is 15.0. The van der Waals surface area contributed by atoms with Crippen molar-refractivity contribution in [3.63, 3.8) is 0 Å². The van der Waals surface area contributed by atoms with Crippen LogP contribution in [0.1, 0.15) is 0 Å². The van der Waals surface area contributed by atoms with Crippen molar-refractivity contribution in [1.29, 1.82) is 0 Å². The number of hydrogen-bond donors (Lipinski definition) is 0. The van der Waals surface area contributed by atoms with Crippen molar-refractivity contribution in [2.24, 2.45) is 0 Å². The van der Waals surface area contributed by atoms with Crippen molar-refractivity contribution in [3.8, 4) is 39.1 Å². The third kappa shape index (κ3) is 5.06. The second-order valence-electron chi connectivity index (χ2n) is 16.2. The Morgan fingerprint density at radius 2 is 0.754 bits per heavy atom. The minimum atomic E-state index is 1.02. The number of para-hydroxylation sites is 1. The summed E-state index contributed by atoms with van der Waals surface area (Å²) < 4.78 is 2.33. The summed E-state index contributed by atoms with van der Waals surface area (Å²) in [4.78, 5) is 4.78. The molecule has 0 saturated heterocycles. The molecule has 0 amide bonds. The van der Waals surface area contributed by atoms with E-state index in [2.05, 4.69) is 211 Å². The maximum absolute atomic E-state index is 4.78. The third-order valence-electron chi connectivity index (χ3n) is 13.0. The van der Waals surface area contributed by atoms with E-state index in [0.29, 0.717) is 0 Å². The summed E-state index contributed by atoms with van der Waals surface area (Å²) in [6.07, 6.45) is 1.88. The molecule has 2 heteroatoms. The Labute approximate surface area is 352 Å². The van der Waals surface area contributed by atoms with Gasteiger partial charge in [0, 0.05) is 17.3 Å². The van der Waals surface area contributed by atoms with Crippen molar-refractivity contribution in [2.45, 2.75) is 0 Å². The van der Waals surface area contributed by atoms with Gasteiger partial charge in [-0.25, -0.2) is 0 Å². The van der Waals surface area contributed by atoms with Gasteiger partial charge >= 0.3 is 0 Å². The van der Waals surface area contributed by atoms with Gasteiger partial charge in [-0.2, -0.15) is 0 Å². The van der Waals surface area contributed by atoms with Crippen LogP contribution in [0.3, 0.4) is 0 Å². The Morgan fingerprint density at radius 1 is 0.295 bits per heavy atom. The monoisotopic (exact) mass is 772 g/mol. The maximum atomic E-state index is 4.78. The van der Waals surface area contributed by atoms with E-state index in [0.717, 1.165) is 27.6 Å². The van der Waals surface area contributed by atoms with E-state index >= 15 is 0 Å². The lowest BCUT2D eigenvalue weighted by Gasteiger charge is -2.21. The van der Waals surface area contributed by atoms with Gasteiger partial charge in [-0.15, -0.1) is 0 Å². The zero-order valence-electron chi connectivity index (χ0n) is 33.2. The summed E-state index contributed by atoms with van der Waals surface area (Å²) in [6.45, 7) is 0. The first-order valence-electron chi connectivity index (χ1n) is 21.0. The summed E-state index contributed by atoms with van der Waals surface area (Å²) in [5.41, 5.74) is 11.8. The first-order chi connectivity index (χ1) is 30.3. The van der Waals surface area contributed by atoms with Crippen LogP contribution in [0.25, 0.3) is 126 Å². The van der Waals surface area contributed by atoms with Gasteiger partial charge in [0.15, 0.2) is 0 Å². The highest BCUT2D eigenvalue weighted by molar-refractivity contribution is 6.28. The number of benzene rings is 11. The zero-order valence-corrected chi connectivity index (χ0v) is 33.2. The molecule has 13 aromatic rings. The van der Waals surface area contributed by atoms with Crippen molar-refractivity contribution < 1.29 is 0 Å². The fourth-order valence-corrected chi connectivity index (χ4v) is 10.3. The van der Waals surface area contributed by atoms with Crippen molar-refractivity contribution in [3.05, 3.63) is 219 Å². The summed E-state index contributed by atoms with van der Waals surface area (Å²) in [6, 6.07) is 78.3. The molecule has 11 aromatic carbocycles. The van der Waals surface area contributed by atoms with E-state index < -0.39 is 0 Å². The smallest absolute Gasteiger partial charge is 0.0963 e. The van der Waals surface area contributed by atoms with Crippen LogP contribution in [-0.4, -0.2) is 9.55 Å². The van der Waals surface area contributed by atoms with Gasteiger partial charge in [0.1, 0.15) is 0 Å². The average molecular weight is 773 g/mol. The molecule has 0 spiro atoms. The SMILES string of the molecule is c1ccc2c(c1)cc(-c1c3ccccc3c(-c3cc4ccccc4c4ccccc34)c3cc(-c4ccc(-n5c6ccccc6c6ncccc65)cc4)ccc13)c1ccccc12. The first kappa shape index (κ1) is 33.9. The average Bonchev–Trinajstić information content (AvgIpc) is 3.67. The van der Waals surface area contributed by atoms with Crippen LogP contribution in [0.4, 0.5) is 0 Å². The van der Waals surface area contributed by atoms with Crippen molar-refractivity contribution in [1.82, 2.24) is 9.55 Å². The summed E-state index contributed by atoms with van der Waals surface area (Å²) >= 11 is 0. The van der Waals surface area contributed by atoms with Crippen LogP contribution in [0.2, 0.25) is 0 Å². The second-order valence-corrected chi connectivity index (χ2v) is 16.2. The molecule has 0 N–H and O–H groups in total. The van der Waals surface area contributed by atoms with Gasteiger partial charge in [-0.05, 0) is 147 Å². The number of nitrogens with zero attached hydrogens (tertiary/aromatic N) is 2. The van der Waals surface area contributed by atoms with E-state index in [4.69, 9.17) is 4.98 Å². The lowest BCUT2D eigenvalue weighted by molar-refractivity contribution is 1.18. The molecule has 2 aromatic heterocycles.